The van der Waals surface area contributed by atoms with Crippen molar-refractivity contribution in [2.45, 2.75) is 6.92 Å². The Morgan fingerprint density at radius 1 is 1.29 bits per heavy atom. The van der Waals surface area contributed by atoms with Crippen molar-refractivity contribution in [1.29, 1.82) is 0 Å². The first-order valence-corrected chi connectivity index (χ1v) is 5.65. The van der Waals surface area contributed by atoms with Gasteiger partial charge in [-0.25, -0.2) is 0 Å². The highest BCUT2D eigenvalue weighted by Crippen LogP contribution is 2.31. The Bertz CT molecular complexity index is 529. The van der Waals surface area contributed by atoms with Gasteiger partial charge >= 0.3 is 0 Å². The Hall–Kier alpha value is -1.74. The molecule has 0 unspecified atom stereocenters. The average molecular weight is 250 g/mol. The van der Waals surface area contributed by atoms with E-state index in [0.29, 0.717) is 11.6 Å². The summed E-state index contributed by atoms with van der Waals surface area (Å²) in [5, 5.41) is 9.95. The van der Waals surface area contributed by atoms with Gasteiger partial charge in [0.05, 0.1) is 17.8 Å². The summed E-state index contributed by atoms with van der Waals surface area (Å²) in [5.74, 6) is 0.849. The summed E-state index contributed by atoms with van der Waals surface area (Å²) in [5.41, 5.74) is 1.59. The molecule has 17 heavy (non-hydrogen) atoms. The van der Waals surface area contributed by atoms with Crippen molar-refractivity contribution in [3.63, 3.8) is 0 Å². The number of aromatic nitrogens is 1. The van der Waals surface area contributed by atoms with Crippen LogP contribution in [0.1, 0.15) is 6.92 Å². The average Bonchev–Trinajstić information content (AvgIpc) is 2.29. The quantitative estimate of drug-likeness (QED) is 0.905. The molecule has 0 radical (unpaired) electrons. The van der Waals surface area contributed by atoms with Gasteiger partial charge in [-0.3, -0.25) is 4.98 Å². The molecule has 0 spiro atoms. The van der Waals surface area contributed by atoms with Gasteiger partial charge < -0.3 is 9.84 Å². The van der Waals surface area contributed by atoms with Gasteiger partial charge in [-0.15, -0.1) is 0 Å². The molecule has 3 nitrogen and oxygen atoms in total. The number of ether oxygens (including phenoxy) is 1. The monoisotopic (exact) mass is 249 g/mol. The molecule has 0 aliphatic heterocycles. The van der Waals surface area contributed by atoms with Gasteiger partial charge in [0.15, 0.2) is 0 Å². The van der Waals surface area contributed by atoms with Crippen LogP contribution in [0.15, 0.2) is 36.7 Å². The maximum atomic E-state index is 9.37. The molecule has 4 heteroatoms. The summed E-state index contributed by atoms with van der Waals surface area (Å²) in [4.78, 5) is 3.92. The number of benzene rings is 1. The van der Waals surface area contributed by atoms with E-state index in [1.807, 2.05) is 19.1 Å². The minimum atomic E-state index is 0.118. The lowest BCUT2D eigenvalue weighted by atomic mass is 10.1. The van der Waals surface area contributed by atoms with Crippen molar-refractivity contribution in [2.24, 2.45) is 0 Å². The van der Waals surface area contributed by atoms with E-state index in [2.05, 4.69) is 4.98 Å². The summed E-state index contributed by atoms with van der Waals surface area (Å²) < 4.78 is 5.35. The minimum absolute atomic E-state index is 0.118. The lowest BCUT2D eigenvalue weighted by molar-refractivity contribution is 0.340. The van der Waals surface area contributed by atoms with Crippen molar-refractivity contribution >= 4 is 11.6 Å². The van der Waals surface area contributed by atoms with Crippen molar-refractivity contribution in [2.75, 3.05) is 6.61 Å². The van der Waals surface area contributed by atoms with Gasteiger partial charge in [0, 0.05) is 17.3 Å². The Balaban J connectivity index is 2.39. The molecule has 0 saturated heterocycles. The van der Waals surface area contributed by atoms with E-state index in [0.717, 1.165) is 16.9 Å². The van der Waals surface area contributed by atoms with Crippen molar-refractivity contribution in [3.05, 3.63) is 41.7 Å². The Labute approximate surface area is 105 Å². The zero-order valence-corrected chi connectivity index (χ0v) is 10.1. The van der Waals surface area contributed by atoms with Crippen LogP contribution in [0, 0.1) is 0 Å². The molecule has 1 aromatic heterocycles. The van der Waals surface area contributed by atoms with Crippen molar-refractivity contribution in [3.8, 4) is 22.6 Å². The number of nitrogens with zero attached hydrogens (tertiary/aromatic N) is 1. The SMILES string of the molecule is CCOc1ccc(-c2cncc(O)c2)c(Cl)c1. The van der Waals surface area contributed by atoms with Crippen LogP contribution in [0.4, 0.5) is 0 Å². The van der Waals surface area contributed by atoms with E-state index < -0.39 is 0 Å². The van der Waals surface area contributed by atoms with E-state index in [1.165, 1.54) is 6.20 Å². The molecule has 1 heterocycles. The fourth-order valence-corrected chi connectivity index (χ4v) is 1.84. The second-order valence-corrected chi connectivity index (χ2v) is 3.91. The van der Waals surface area contributed by atoms with E-state index in [-0.39, 0.29) is 5.75 Å². The summed E-state index contributed by atoms with van der Waals surface area (Å²) in [6.07, 6.45) is 3.03. The molecule has 0 saturated carbocycles. The van der Waals surface area contributed by atoms with E-state index >= 15 is 0 Å². The first-order valence-electron chi connectivity index (χ1n) is 5.27. The van der Waals surface area contributed by atoms with Crippen LogP contribution in [0.25, 0.3) is 11.1 Å². The van der Waals surface area contributed by atoms with Crippen LogP contribution < -0.4 is 4.74 Å². The van der Waals surface area contributed by atoms with Gasteiger partial charge in [-0.2, -0.15) is 0 Å². The molecule has 0 atom stereocenters. The van der Waals surface area contributed by atoms with Crippen LogP contribution in [0.2, 0.25) is 5.02 Å². The normalized spacial score (nSPS) is 10.2. The number of aromatic hydroxyl groups is 1. The van der Waals surface area contributed by atoms with Gasteiger partial charge in [0.25, 0.3) is 0 Å². The summed E-state index contributed by atoms with van der Waals surface area (Å²) in [6.45, 7) is 2.52. The maximum absolute atomic E-state index is 9.37. The van der Waals surface area contributed by atoms with Gasteiger partial charge in [-0.05, 0) is 31.2 Å². The lowest BCUT2D eigenvalue weighted by Gasteiger charge is -2.08. The number of pyridine rings is 1. The Morgan fingerprint density at radius 3 is 2.76 bits per heavy atom. The molecule has 0 aliphatic carbocycles. The Kier molecular flexibility index (Phi) is 3.49. The number of halogens is 1. The van der Waals surface area contributed by atoms with Gasteiger partial charge in [-0.1, -0.05) is 11.6 Å². The summed E-state index contributed by atoms with van der Waals surface area (Å²) in [6, 6.07) is 7.07. The number of hydrogen-bond acceptors (Lipinski definition) is 3. The van der Waals surface area contributed by atoms with E-state index in [1.54, 1.807) is 18.3 Å². The van der Waals surface area contributed by atoms with Crippen molar-refractivity contribution < 1.29 is 9.84 Å². The third kappa shape index (κ3) is 2.68. The zero-order chi connectivity index (χ0) is 12.3. The smallest absolute Gasteiger partial charge is 0.134 e. The second kappa shape index (κ2) is 5.06. The van der Waals surface area contributed by atoms with E-state index in [4.69, 9.17) is 16.3 Å². The molecule has 0 fully saturated rings. The fraction of sp³-hybridized carbons (Fsp3) is 0.154. The van der Waals surface area contributed by atoms with Crippen LogP contribution >= 0.6 is 11.6 Å². The molecular weight excluding hydrogens is 238 g/mol. The fourth-order valence-electron chi connectivity index (χ4n) is 1.56. The third-order valence-corrected chi connectivity index (χ3v) is 2.60. The van der Waals surface area contributed by atoms with Crippen LogP contribution in [0.5, 0.6) is 11.5 Å². The molecule has 0 aliphatic rings. The molecule has 1 aromatic carbocycles. The molecule has 2 aromatic rings. The molecule has 0 bridgehead atoms. The molecule has 0 amide bonds. The van der Waals surface area contributed by atoms with Crippen LogP contribution in [-0.4, -0.2) is 16.7 Å². The largest absolute Gasteiger partial charge is 0.506 e. The predicted molar refractivity (Wildman–Crippen MR) is 67.5 cm³/mol. The zero-order valence-electron chi connectivity index (χ0n) is 9.35. The first kappa shape index (κ1) is 11.7. The lowest BCUT2D eigenvalue weighted by Crippen LogP contribution is -1.91. The summed E-state index contributed by atoms with van der Waals surface area (Å²) >= 11 is 6.16. The van der Waals surface area contributed by atoms with Crippen molar-refractivity contribution in [1.82, 2.24) is 4.98 Å². The van der Waals surface area contributed by atoms with Gasteiger partial charge in [0.1, 0.15) is 11.5 Å². The molecule has 2 rings (SSSR count). The summed E-state index contributed by atoms with van der Waals surface area (Å²) in [7, 11) is 0. The standard InChI is InChI=1S/C13H12ClNO2/c1-2-17-11-3-4-12(13(14)6-11)9-5-10(16)8-15-7-9/h3-8,16H,2H2,1H3. The topological polar surface area (TPSA) is 42.4 Å². The molecular formula is C13H12ClNO2. The second-order valence-electron chi connectivity index (χ2n) is 3.51. The number of rotatable bonds is 3. The first-order chi connectivity index (χ1) is 8.20. The molecule has 1 N–H and O–H groups in total. The number of hydrogen-bond donors (Lipinski definition) is 1. The van der Waals surface area contributed by atoms with E-state index in [9.17, 15) is 5.11 Å². The third-order valence-electron chi connectivity index (χ3n) is 2.29. The minimum Gasteiger partial charge on any atom is -0.506 e. The highest BCUT2D eigenvalue weighted by atomic mass is 35.5. The molecule has 88 valence electrons. The predicted octanol–water partition coefficient (Wildman–Crippen LogP) is 3.51. The van der Waals surface area contributed by atoms with Crippen LogP contribution in [-0.2, 0) is 0 Å². The maximum Gasteiger partial charge on any atom is 0.134 e. The highest BCUT2D eigenvalue weighted by Gasteiger charge is 2.06. The van der Waals surface area contributed by atoms with Crippen LogP contribution in [0.3, 0.4) is 0 Å². The highest BCUT2D eigenvalue weighted by molar-refractivity contribution is 6.33. The Morgan fingerprint density at radius 2 is 2.12 bits per heavy atom. The van der Waals surface area contributed by atoms with Gasteiger partial charge in [0.2, 0.25) is 0 Å².